The molecule has 2 N–H and O–H groups in total. The summed E-state index contributed by atoms with van der Waals surface area (Å²) in [6, 6.07) is 9.17. The highest BCUT2D eigenvalue weighted by molar-refractivity contribution is 6.30. The van der Waals surface area contributed by atoms with Crippen LogP contribution in [0.1, 0.15) is 5.69 Å². The van der Waals surface area contributed by atoms with Crippen molar-refractivity contribution >= 4 is 17.4 Å². The lowest BCUT2D eigenvalue weighted by Gasteiger charge is -2.02. The Morgan fingerprint density at radius 1 is 1.38 bits per heavy atom. The van der Waals surface area contributed by atoms with E-state index in [1.54, 1.807) is 23.7 Å². The molecular formula is C11H9ClN4. The Morgan fingerprint density at radius 3 is 2.50 bits per heavy atom. The lowest BCUT2D eigenvalue weighted by molar-refractivity contribution is 0.936. The van der Waals surface area contributed by atoms with Gasteiger partial charge >= 0.3 is 0 Å². The molecule has 0 aliphatic rings. The molecule has 0 aliphatic carbocycles. The molecule has 16 heavy (non-hydrogen) atoms. The number of nitrogen functional groups attached to an aromatic ring is 1. The topological polar surface area (TPSA) is 67.6 Å². The van der Waals surface area contributed by atoms with Crippen LogP contribution in [0.5, 0.6) is 0 Å². The predicted molar refractivity (Wildman–Crippen MR) is 62.8 cm³/mol. The van der Waals surface area contributed by atoms with Crippen LogP contribution < -0.4 is 5.73 Å². The summed E-state index contributed by atoms with van der Waals surface area (Å²) in [5.41, 5.74) is 6.85. The third-order valence-corrected chi connectivity index (χ3v) is 2.60. The first kappa shape index (κ1) is 10.5. The molecule has 1 heterocycles. The molecule has 5 heteroatoms. The lowest BCUT2D eigenvalue weighted by Crippen LogP contribution is -1.98. The minimum absolute atomic E-state index is 0.243. The van der Waals surface area contributed by atoms with Gasteiger partial charge in [-0.1, -0.05) is 11.6 Å². The number of nitrogens with two attached hydrogens (primary N) is 1. The van der Waals surface area contributed by atoms with Gasteiger partial charge in [0.05, 0.1) is 0 Å². The van der Waals surface area contributed by atoms with Crippen molar-refractivity contribution in [3.8, 4) is 17.5 Å². The molecule has 0 spiro atoms. The standard InChI is InChI=1S/C11H9ClN4/c1-16-10(14)9(6-13)15-11(16)7-2-4-8(12)5-3-7/h2-5H,14H2,1H3. The van der Waals surface area contributed by atoms with Gasteiger partial charge in [-0.15, -0.1) is 0 Å². The molecule has 0 bridgehead atoms. The van der Waals surface area contributed by atoms with Gasteiger partial charge in [-0.2, -0.15) is 5.26 Å². The number of aromatic nitrogens is 2. The van der Waals surface area contributed by atoms with Gasteiger partial charge in [-0.25, -0.2) is 4.98 Å². The molecule has 0 amide bonds. The minimum atomic E-state index is 0.243. The Balaban J connectivity index is 2.57. The van der Waals surface area contributed by atoms with Crippen LogP contribution in [-0.2, 0) is 7.05 Å². The number of imidazole rings is 1. The van der Waals surface area contributed by atoms with Gasteiger partial charge in [0.25, 0.3) is 0 Å². The number of rotatable bonds is 1. The Morgan fingerprint density at radius 2 is 2.00 bits per heavy atom. The smallest absolute Gasteiger partial charge is 0.183 e. The number of nitrogens with zero attached hydrogens (tertiary/aromatic N) is 3. The zero-order valence-corrected chi connectivity index (χ0v) is 9.36. The zero-order valence-electron chi connectivity index (χ0n) is 8.61. The highest BCUT2D eigenvalue weighted by Crippen LogP contribution is 2.23. The maximum absolute atomic E-state index is 8.82. The van der Waals surface area contributed by atoms with Gasteiger partial charge in [0.15, 0.2) is 5.69 Å². The summed E-state index contributed by atoms with van der Waals surface area (Å²) in [6.45, 7) is 0. The highest BCUT2D eigenvalue weighted by Gasteiger charge is 2.12. The summed E-state index contributed by atoms with van der Waals surface area (Å²) in [4.78, 5) is 4.16. The van der Waals surface area contributed by atoms with Crippen LogP contribution in [0.2, 0.25) is 5.02 Å². The van der Waals surface area contributed by atoms with E-state index >= 15 is 0 Å². The molecule has 0 aliphatic heterocycles. The van der Waals surface area contributed by atoms with Crippen molar-refractivity contribution in [2.45, 2.75) is 0 Å². The van der Waals surface area contributed by atoms with E-state index in [0.717, 1.165) is 5.56 Å². The van der Waals surface area contributed by atoms with Gasteiger partial charge < -0.3 is 10.3 Å². The normalized spacial score (nSPS) is 10.1. The summed E-state index contributed by atoms with van der Waals surface area (Å²) >= 11 is 5.80. The first-order valence-electron chi connectivity index (χ1n) is 4.61. The average molecular weight is 233 g/mol. The highest BCUT2D eigenvalue weighted by atomic mass is 35.5. The fourth-order valence-corrected chi connectivity index (χ4v) is 1.58. The molecular weight excluding hydrogens is 224 g/mol. The van der Waals surface area contributed by atoms with Crippen LogP contribution in [0, 0.1) is 11.3 Å². The van der Waals surface area contributed by atoms with Crippen molar-refractivity contribution in [1.29, 1.82) is 5.26 Å². The minimum Gasteiger partial charge on any atom is -0.383 e. The van der Waals surface area contributed by atoms with E-state index in [1.807, 2.05) is 18.2 Å². The third-order valence-electron chi connectivity index (χ3n) is 2.35. The van der Waals surface area contributed by atoms with Crippen LogP contribution in [-0.4, -0.2) is 9.55 Å². The summed E-state index contributed by atoms with van der Waals surface area (Å²) in [5, 5.41) is 9.48. The van der Waals surface area contributed by atoms with Crippen LogP contribution in [0.4, 0.5) is 5.82 Å². The van der Waals surface area contributed by atoms with Crippen molar-refractivity contribution in [2.24, 2.45) is 7.05 Å². The quantitative estimate of drug-likeness (QED) is 0.820. The molecule has 80 valence electrons. The average Bonchev–Trinajstić information content (AvgIpc) is 2.57. The molecule has 0 saturated heterocycles. The van der Waals surface area contributed by atoms with Crippen LogP contribution in [0.3, 0.4) is 0 Å². The second-order valence-electron chi connectivity index (χ2n) is 3.35. The molecule has 0 radical (unpaired) electrons. The molecule has 0 atom stereocenters. The summed E-state index contributed by atoms with van der Waals surface area (Å²) < 4.78 is 1.68. The van der Waals surface area contributed by atoms with Crippen molar-refractivity contribution in [3.05, 3.63) is 35.0 Å². The SMILES string of the molecule is Cn1c(-c2ccc(Cl)cc2)nc(C#N)c1N. The third kappa shape index (κ3) is 1.62. The van der Waals surface area contributed by atoms with Gasteiger partial charge in [-0.3, -0.25) is 0 Å². The molecule has 0 unspecified atom stereocenters. The fourth-order valence-electron chi connectivity index (χ4n) is 1.45. The van der Waals surface area contributed by atoms with Crippen LogP contribution >= 0.6 is 11.6 Å². The molecule has 4 nitrogen and oxygen atoms in total. The van der Waals surface area contributed by atoms with Crippen molar-refractivity contribution in [3.63, 3.8) is 0 Å². The Bertz CT molecular complexity index is 563. The Hall–Kier alpha value is -1.99. The molecule has 1 aromatic heterocycles. The Kier molecular flexibility index (Phi) is 2.55. The van der Waals surface area contributed by atoms with Crippen molar-refractivity contribution in [2.75, 3.05) is 5.73 Å². The number of anilines is 1. The van der Waals surface area contributed by atoms with Crippen molar-refractivity contribution in [1.82, 2.24) is 9.55 Å². The van der Waals surface area contributed by atoms with Gasteiger partial charge in [0.2, 0.25) is 0 Å². The monoisotopic (exact) mass is 232 g/mol. The van der Waals surface area contributed by atoms with Gasteiger partial charge in [0.1, 0.15) is 17.7 Å². The number of nitriles is 1. The number of hydrogen-bond donors (Lipinski definition) is 1. The summed E-state index contributed by atoms with van der Waals surface area (Å²) in [5.74, 6) is 1.03. The summed E-state index contributed by atoms with van der Waals surface area (Å²) in [6.07, 6.45) is 0. The Labute approximate surface area is 97.9 Å². The maximum Gasteiger partial charge on any atom is 0.183 e. The number of hydrogen-bond acceptors (Lipinski definition) is 3. The van der Waals surface area contributed by atoms with Crippen molar-refractivity contribution < 1.29 is 0 Å². The first-order valence-corrected chi connectivity index (χ1v) is 4.99. The lowest BCUT2D eigenvalue weighted by atomic mass is 10.2. The second-order valence-corrected chi connectivity index (χ2v) is 3.78. The fraction of sp³-hybridized carbons (Fsp3) is 0.0909. The molecule has 2 aromatic rings. The molecule has 2 rings (SSSR count). The molecule has 0 saturated carbocycles. The van der Waals surface area contributed by atoms with E-state index in [2.05, 4.69) is 4.98 Å². The van der Waals surface area contributed by atoms with E-state index in [4.69, 9.17) is 22.6 Å². The predicted octanol–water partition coefficient (Wildman–Crippen LogP) is 2.19. The van der Waals surface area contributed by atoms with E-state index in [-0.39, 0.29) is 5.69 Å². The van der Waals surface area contributed by atoms with E-state index in [9.17, 15) is 0 Å². The van der Waals surface area contributed by atoms with Gasteiger partial charge in [-0.05, 0) is 24.3 Å². The first-order chi connectivity index (χ1) is 7.63. The molecule has 0 fully saturated rings. The van der Waals surface area contributed by atoms with E-state index in [1.165, 1.54) is 0 Å². The second kappa shape index (κ2) is 3.87. The zero-order chi connectivity index (χ0) is 11.7. The van der Waals surface area contributed by atoms with Crippen LogP contribution in [0.25, 0.3) is 11.4 Å². The molecule has 1 aromatic carbocycles. The number of benzene rings is 1. The van der Waals surface area contributed by atoms with Crippen LogP contribution in [0.15, 0.2) is 24.3 Å². The number of halogens is 1. The maximum atomic E-state index is 8.82. The van der Waals surface area contributed by atoms with Gasteiger partial charge in [0, 0.05) is 17.6 Å². The summed E-state index contributed by atoms with van der Waals surface area (Å²) in [7, 11) is 1.77. The van der Waals surface area contributed by atoms with E-state index < -0.39 is 0 Å². The largest absolute Gasteiger partial charge is 0.383 e. The van der Waals surface area contributed by atoms with E-state index in [0.29, 0.717) is 16.7 Å².